The van der Waals surface area contributed by atoms with Gasteiger partial charge in [-0.3, -0.25) is 10.2 Å². The van der Waals surface area contributed by atoms with Gasteiger partial charge in [-0.05, 0) is 85.2 Å². The number of hydrogen-bond donors (Lipinski definition) is 3. The minimum atomic E-state index is -3.80. The molecule has 1 aliphatic heterocycles. The first-order chi connectivity index (χ1) is 18.7. The monoisotopic (exact) mass is 566 g/mol. The third-order valence-corrected chi connectivity index (χ3v) is 9.43. The summed E-state index contributed by atoms with van der Waals surface area (Å²) < 4.78 is 27.4. The minimum absolute atomic E-state index is 0.0756. The molecule has 39 heavy (non-hydrogen) atoms. The number of carbonyl (C=O) groups excluding carboxylic acids is 1. The largest absolute Gasteiger partial charge is 0.384 e. The van der Waals surface area contributed by atoms with Gasteiger partial charge in [-0.15, -0.1) is 0 Å². The number of amides is 1. The molecule has 1 amide bonds. The molecule has 206 valence electrons. The van der Waals surface area contributed by atoms with E-state index >= 15 is 0 Å². The van der Waals surface area contributed by atoms with E-state index < -0.39 is 15.8 Å². The van der Waals surface area contributed by atoms with Crippen molar-refractivity contribution in [2.24, 2.45) is 23.3 Å². The topological polar surface area (TPSA) is 130 Å². The van der Waals surface area contributed by atoms with Crippen molar-refractivity contribution in [3.8, 4) is 11.1 Å². The Bertz CT molecular complexity index is 1420. The van der Waals surface area contributed by atoms with Crippen LogP contribution in [0.1, 0.15) is 30.4 Å². The molecule has 3 aromatic rings. The summed E-state index contributed by atoms with van der Waals surface area (Å²) in [4.78, 5) is 15.7. The van der Waals surface area contributed by atoms with Gasteiger partial charge in [0.05, 0.1) is 16.6 Å². The molecular formula is C30H35ClN4O3S. The first-order valence-electron chi connectivity index (χ1n) is 13.2. The van der Waals surface area contributed by atoms with Crippen molar-refractivity contribution in [3.05, 3.63) is 88.9 Å². The maximum absolute atomic E-state index is 13.8. The fourth-order valence-electron chi connectivity index (χ4n) is 5.18. The van der Waals surface area contributed by atoms with Gasteiger partial charge in [-0.25, -0.2) is 8.42 Å². The van der Waals surface area contributed by atoms with Crippen LogP contribution < -0.4 is 11.5 Å². The van der Waals surface area contributed by atoms with Crippen molar-refractivity contribution in [2.45, 2.75) is 30.6 Å². The number of piperidine rings is 1. The summed E-state index contributed by atoms with van der Waals surface area (Å²) in [7, 11) is -3.80. The van der Waals surface area contributed by atoms with Gasteiger partial charge in [0.25, 0.3) is 0 Å². The Morgan fingerprint density at radius 1 is 1.00 bits per heavy atom. The lowest BCUT2D eigenvalue weighted by molar-refractivity contribution is -0.136. The lowest BCUT2D eigenvalue weighted by atomic mass is 9.92. The van der Waals surface area contributed by atoms with Gasteiger partial charge in [-0.2, -0.15) is 0 Å². The van der Waals surface area contributed by atoms with E-state index in [1.165, 1.54) is 0 Å². The average Bonchev–Trinajstić information content (AvgIpc) is 2.93. The van der Waals surface area contributed by atoms with Crippen molar-refractivity contribution < 1.29 is 13.2 Å². The van der Waals surface area contributed by atoms with E-state index in [1.807, 2.05) is 24.3 Å². The molecule has 7 nitrogen and oxygen atoms in total. The van der Waals surface area contributed by atoms with Gasteiger partial charge in [0.1, 0.15) is 5.84 Å². The van der Waals surface area contributed by atoms with Crippen LogP contribution in [0.4, 0.5) is 0 Å². The molecule has 0 bridgehead atoms. The molecule has 5 N–H and O–H groups in total. The summed E-state index contributed by atoms with van der Waals surface area (Å²) in [5, 5.41) is 8.36. The highest BCUT2D eigenvalue weighted by molar-refractivity contribution is 7.91. The maximum Gasteiger partial charge on any atom is 0.227 e. The van der Waals surface area contributed by atoms with Crippen molar-refractivity contribution in [2.75, 3.05) is 25.4 Å². The lowest BCUT2D eigenvalue weighted by Crippen LogP contribution is -2.44. The number of carbonyl (C=O) groups is 1. The van der Waals surface area contributed by atoms with Crippen molar-refractivity contribution in [1.82, 2.24) is 4.90 Å². The highest BCUT2D eigenvalue weighted by Gasteiger charge is 2.32. The number of amidine groups is 1. The molecule has 1 heterocycles. The molecule has 0 radical (unpaired) electrons. The molecule has 1 aliphatic rings. The summed E-state index contributed by atoms with van der Waals surface area (Å²) in [5.41, 5.74) is 14.3. The Morgan fingerprint density at radius 3 is 2.36 bits per heavy atom. The van der Waals surface area contributed by atoms with E-state index in [2.05, 4.69) is 0 Å². The van der Waals surface area contributed by atoms with Crippen molar-refractivity contribution in [3.63, 3.8) is 0 Å². The van der Waals surface area contributed by atoms with Gasteiger partial charge in [-0.1, -0.05) is 54.1 Å². The molecule has 1 unspecified atom stereocenters. The maximum atomic E-state index is 13.8. The Balaban J connectivity index is 1.60. The van der Waals surface area contributed by atoms with Gasteiger partial charge in [0.2, 0.25) is 5.91 Å². The summed E-state index contributed by atoms with van der Waals surface area (Å²) in [6, 6.07) is 21.1. The number of sulfone groups is 1. The molecule has 1 saturated heterocycles. The number of nitrogen functional groups attached to an aromatic ring is 1. The third-order valence-electron chi connectivity index (χ3n) is 7.36. The fourth-order valence-corrected chi connectivity index (χ4v) is 6.88. The number of likely N-dealkylation sites (tertiary alicyclic amines) is 1. The molecule has 1 fully saturated rings. The van der Waals surface area contributed by atoms with Gasteiger partial charge in [0.15, 0.2) is 9.84 Å². The number of halogens is 1. The molecule has 4 rings (SSSR count). The van der Waals surface area contributed by atoms with Crippen LogP contribution in [0.15, 0.2) is 77.7 Å². The SMILES string of the molecule is N=C(N)c1cccc(CC(CS(=O)(=O)c2cccc(-c3ccc(Cl)cc3)c2)C(=O)N2CCC(CCN)CC2)c1. The number of nitrogens with zero attached hydrogens (tertiary/aromatic N) is 1. The van der Waals surface area contributed by atoms with Gasteiger partial charge < -0.3 is 16.4 Å². The van der Waals surface area contributed by atoms with Crippen LogP contribution in [0.25, 0.3) is 11.1 Å². The Hall–Kier alpha value is -3.20. The molecule has 0 spiro atoms. The molecule has 0 aliphatic carbocycles. The van der Waals surface area contributed by atoms with E-state index in [0.29, 0.717) is 36.1 Å². The van der Waals surface area contributed by atoms with E-state index in [4.69, 9.17) is 28.5 Å². The lowest BCUT2D eigenvalue weighted by Gasteiger charge is -2.34. The summed E-state index contributed by atoms with van der Waals surface area (Å²) >= 11 is 6.02. The Morgan fingerprint density at radius 2 is 1.69 bits per heavy atom. The predicted molar refractivity (Wildman–Crippen MR) is 157 cm³/mol. The molecular weight excluding hydrogens is 532 g/mol. The van der Waals surface area contributed by atoms with Crippen LogP contribution in [-0.4, -0.2) is 50.4 Å². The first-order valence-corrected chi connectivity index (χ1v) is 15.2. The summed E-state index contributed by atoms with van der Waals surface area (Å²) in [5.74, 6) is -0.838. The fraction of sp³-hybridized carbons (Fsp3) is 0.333. The van der Waals surface area contributed by atoms with Crippen LogP contribution >= 0.6 is 11.6 Å². The molecule has 3 aromatic carbocycles. The average molecular weight is 567 g/mol. The van der Waals surface area contributed by atoms with E-state index in [9.17, 15) is 13.2 Å². The standard InChI is InChI=1S/C30H35ClN4O3S/c31-27-9-7-23(8-10-27)24-4-2-6-28(19-24)39(37,38)20-26(18-22-3-1-5-25(17-22)29(33)34)30(36)35-15-12-21(11-14-32)13-16-35/h1-10,17,19,21,26H,11-16,18,20,32H2,(H3,33,34). The zero-order valence-electron chi connectivity index (χ0n) is 21.9. The van der Waals surface area contributed by atoms with Gasteiger partial charge >= 0.3 is 0 Å². The second-order valence-corrected chi connectivity index (χ2v) is 12.6. The zero-order valence-corrected chi connectivity index (χ0v) is 23.4. The summed E-state index contributed by atoms with van der Waals surface area (Å²) in [6.07, 6.45) is 2.90. The predicted octanol–water partition coefficient (Wildman–Crippen LogP) is 4.51. The minimum Gasteiger partial charge on any atom is -0.384 e. The summed E-state index contributed by atoms with van der Waals surface area (Å²) in [6.45, 7) is 1.82. The third kappa shape index (κ3) is 7.47. The second kappa shape index (κ2) is 12.8. The van der Waals surface area contributed by atoms with Crippen LogP contribution in [0.5, 0.6) is 0 Å². The normalized spacial score (nSPS) is 15.2. The molecule has 9 heteroatoms. The quantitative estimate of drug-likeness (QED) is 0.245. The molecule has 1 atom stereocenters. The molecule has 0 saturated carbocycles. The zero-order chi connectivity index (χ0) is 28.0. The van der Waals surface area contributed by atoms with Crippen LogP contribution in [-0.2, 0) is 21.1 Å². The van der Waals surface area contributed by atoms with Gasteiger partial charge in [0, 0.05) is 23.7 Å². The van der Waals surface area contributed by atoms with Crippen molar-refractivity contribution >= 4 is 33.2 Å². The highest BCUT2D eigenvalue weighted by atomic mass is 35.5. The van der Waals surface area contributed by atoms with Crippen LogP contribution in [0.3, 0.4) is 0 Å². The number of rotatable bonds is 10. The number of nitrogens with one attached hydrogen (secondary N) is 1. The Labute approximate surface area is 235 Å². The molecule has 0 aromatic heterocycles. The van der Waals surface area contributed by atoms with Crippen LogP contribution in [0.2, 0.25) is 5.02 Å². The van der Waals surface area contributed by atoms with Crippen LogP contribution in [0, 0.1) is 17.2 Å². The van der Waals surface area contributed by atoms with E-state index in [1.54, 1.807) is 53.4 Å². The smallest absolute Gasteiger partial charge is 0.227 e. The number of nitrogens with two attached hydrogens (primary N) is 2. The number of benzene rings is 3. The van der Waals surface area contributed by atoms with E-state index in [0.717, 1.165) is 36.0 Å². The highest BCUT2D eigenvalue weighted by Crippen LogP contribution is 2.28. The Kier molecular flexibility index (Phi) is 9.43. The first kappa shape index (κ1) is 28.8. The van der Waals surface area contributed by atoms with E-state index in [-0.39, 0.29) is 28.8 Å². The number of hydrogen-bond acceptors (Lipinski definition) is 5. The van der Waals surface area contributed by atoms with Crippen molar-refractivity contribution in [1.29, 1.82) is 5.41 Å². The second-order valence-electron chi connectivity index (χ2n) is 10.2.